The van der Waals surface area contributed by atoms with Crippen molar-refractivity contribution in [1.82, 2.24) is 15.3 Å². The van der Waals surface area contributed by atoms with Gasteiger partial charge in [-0.3, -0.25) is 4.79 Å². The number of fused-ring (bicyclic) bond motifs is 1. The molecule has 0 atom stereocenters. The predicted molar refractivity (Wildman–Crippen MR) is 99.1 cm³/mol. The molecule has 1 fully saturated rings. The van der Waals surface area contributed by atoms with E-state index < -0.39 is 0 Å². The van der Waals surface area contributed by atoms with Gasteiger partial charge in [-0.1, -0.05) is 6.07 Å². The quantitative estimate of drug-likeness (QED) is 0.875. The number of methoxy groups -OCH3 is 1. The second-order valence-corrected chi connectivity index (χ2v) is 6.74. The summed E-state index contributed by atoms with van der Waals surface area (Å²) in [7, 11) is 1.59. The number of carbonyl (C=O) groups is 1. The maximum absolute atomic E-state index is 12.6. The number of amides is 1. The number of piperidine rings is 1. The van der Waals surface area contributed by atoms with Gasteiger partial charge in [0.1, 0.15) is 0 Å². The summed E-state index contributed by atoms with van der Waals surface area (Å²) in [5.74, 6) is 1.33. The number of hydrogen-bond acceptors (Lipinski definition) is 6. The van der Waals surface area contributed by atoms with Gasteiger partial charge in [-0.25, -0.2) is 4.98 Å². The van der Waals surface area contributed by atoms with Crippen LogP contribution in [0, 0.1) is 5.92 Å². The van der Waals surface area contributed by atoms with Crippen molar-refractivity contribution in [3.8, 4) is 5.88 Å². The molecule has 1 amide bonds. The standard InChI is InChI=1S/C19H23N5O2/c1-26-17-4-7-21-19(23-17)24-8-5-13(6-9-24)18(25)22-16-3-2-14-11-20-12-15(14)10-16/h2-4,7,10,13,20H,5-6,8-9,11-12H2,1H3,(H,22,25). The second kappa shape index (κ2) is 7.29. The van der Waals surface area contributed by atoms with Crippen LogP contribution >= 0.6 is 0 Å². The van der Waals surface area contributed by atoms with Crippen molar-refractivity contribution < 1.29 is 9.53 Å². The molecule has 1 saturated heterocycles. The third kappa shape index (κ3) is 3.48. The van der Waals surface area contributed by atoms with E-state index in [9.17, 15) is 4.79 Å². The molecule has 136 valence electrons. The van der Waals surface area contributed by atoms with E-state index in [1.807, 2.05) is 6.07 Å². The van der Waals surface area contributed by atoms with Crippen molar-refractivity contribution in [3.63, 3.8) is 0 Å². The van der Waals surface area contributed by atoms with E-state index in [0.717, 1.165) is 44.7 Å². The van der Waals surface area contributed by atoms with Gasteiger partial charge >= 0.3 is 0 Å². The molecule has 26 heavy (non-hydrogen) atoms. The summed E-state index contributed by atoms with van der Waals surface area (Å²) in [6, 6.07) is 7.89. The minimum absolute atomic E-state index is 0.0169. The fourth-order valence-electron chi connectivity index (χ4n) is 3.56. The Labute approximate surface area is 152 Å². The highest BCUT2D eigenvalue weighted by Gasteiger charge is 2.26. The lowest BCUT2D eigenvalue weighted by molar-refractivity contribution is -0.120. The zero-order chi connectivity index (χ0) is 17.9. The summed E-state index contributed by atoms with van der Waals surface area (Å²) in [5.41, 5.74) is 3.47. The van der Waals surface area contributed by atoms with Gasteiger partial charge in [0.15, 0.2) is 0 Å². The predicted octanol–water partition coefficient (Wildman–Crippen LogP) is 1.94. The van der Waals surface area contributed by atoms with Crippen LogP contribution in [0.1, 0.15) is 24.0 Å². The fourth-order valence-corrected chi connectivity index (χ4v) is 3.56. The molecule has 2 aromatic rings. The Kier molecular flexibility index (Phi) is 4.71. The largest absolute Gasteiger partial charge is 0.481 e. The number of nitrogens with zero attached hydrogens (tertiary/aromatic N) is 3. The summed E-state index contributed by atoms with van der Waals surface area (Å²) in [4.78, 5) is 23.4. The van der Waals surface area contributed by atoms with Crippen molar-refractivity contribution in [2.75, 3.05) is 30.4 Å². The van der Waals surface area contributed by atoms with Crippen LogP contribution in [0.25, 0.3) is 0 Å². The molecular formula is C19H23N5O2. The third-order valence-electron chi connectivity index (χ3n) is 5.08. The Hall–Kier alpha value is -2.67. The van der Waals surface area contributed by atoms with E-state index >= 15 is 0 Å². The molecule has 7 nitrogen and oxygen atoms in total. The van der Waals surface area contributed by atoms with Gasteiger partial charge in [0.05, 0.1) is 7.11 Å². The average molecular weight is 353 g/mol. The molecule has 0 radical (unpaired) electrons. The molecule has 0 spiro atoms. The molecule has 2 aliphatic rings. The Balaban J connectivity index is 1.34. The number of rotatable bonds is 4. The number of anilines is 2. The molecule has 1 aromatic heterocycles. The van der Waals surface area contributed by atoms with Crippen molar-refractivity contribution in [2.45, 2.75) is 25.9 Å². The maximum atomic E-state index is 12.6. The average Bonchev–Trinajstić information content (AvgIpc) is 3.16. The lowest BCUT2D eigenvalue weighted by Gasteiger charge is -2.31. The molecule has 2 aliphatic heterocycles. The second-order valence-electron chi connectivity index (χ2n) is 6.74. The van der Waals surface area contributed by atoms with Crippen LogP contribution in [0.2, 0.25) is 0 Å². The highest BCUT2D eigenvalue weighted by Crippen LogP contribution is 2.24. The normalized spacial score (nSPS) is 17.0. The highest BCUT2D eigenvalue weighted by molar-refractivity contribution is 5.92. The van der Waals surface area contributed by atoms with Crippen molar-refractivity contribution in [2.24, 2.45) is 5.92 Å². The number of hydrogen-bond donors (Lipinski definition) is 2. The SMILES string of the molecule is COc1ccnc(N2CCC(C(=O)Nc3ccc4c(c3)CNC4)CC2)n1. The van der Waals surface area contributed by atoms with Crippen molar-refractivity contribution in [1.29, 1.82) is 0 Å². The molecular weight excluding hydrogens is 330 g/mol. The van der Waals surface area contributed by atoms with Crippen LogP contribution in [-0.4, -0.2) is 36.1 Å². The van der Waals surface area contributed by atoms with E-state index in [-0.39, 0.29) is 11.8 Å². The first kappa shape index (κ1) is 16.8. The smallest absolute Gasteiger partial charge is 0.228 e. The summed E-state index contributed by atoms with van der Waals surface area (Å²) >= 11 is 0. The molecule has 3 heterocycles. The minimum atomic E-state index is 0.0169. The van der Waals surface area contributed by atoms with Gasteiger partial charge in [-0.15, -0.1) is 0 Å². The Morgan fingerprint density at radius 1 is 1.23 bits per heavy atom. The number of nitrogens with one attached hydrogen (secondary N) is 2. The highest BCUT2D eigenvalue weighted by atomic mass is 16.5. The maximum Gasteiger partial charge on any atom is 0.228 e. The van der Waals surface area contributed by atoms with Gasteiger partial charge in [-0.05, 0) is 36.1 Å². The molecule has 4 rings (SSSR count). The minimum Gasteiger partial charge on any atom is -0.481 e. The van der Waals surface area contributed by atoms with Crippen molar-refractivity contribution in [3.05, 3.63) is 41.6 Å². The van der Waals surface area contributed by atoms with Crippen LogP contribution in [-0.2, 0) is 17.9 Å². The molecule has 2 N–H and O–H groups in total. The van der Waals surface area contributed by atoms with Crippen LogP contribution in [0.15, 0.2) is 30.5 Å². The molecule has 0 bridgehead atoms. The van der Waals surface area contributed by atoms with E-state index in [4.69, 9.17) is 4.74 Å². The van der Waals surface area contributed by atoms with E-state index in [0.29, 0.717) is 11.8 Å². The zero-order valence-electron chi connectivity index (χ0n) is 14.9. The molecule has 0 saturated carbocycles. The van der Waals surface area contributed by atoms with Crippen LogP contribution in [0.3, 0.4) is 0 Å². The molecule has 0 aliphatic carbocycles. The van der Waals surface area contributed by atoms with E-state index in [1.165, 1.54) is 11.1 Å². The van der Waals surface area contributed by atoms with Gasteiger partial charge in [-0.2, -0.15) is 4.98 Å². The first-order chi connectivity index (χ1) is 12.7. The summed E-state index contributed by atoms with van der Waals surface area (Å²) in [6.45, 7) is 3.31. The fraction of sp³-hybridized carbons (Fsp3) is 0.421. The Morgan fingerprint density at radius 2 is 2.04 bits per heavy atom. The topological polar surface area (TPSA) is 79.4 Å². The van der Waals surface area contributed by atoms with Crippen LogP contribution in [0.5, 0.6) is 5.88 Å². The van der Waals surface area contributed by atoms with Gasteiger partial charge in [0.25, 0.3) is 0 Å². The zero-order valence-corrected chi connectivity index (χ0v) is 14.9. The lowest BCUT2D eigenvalue weighted by Crippen LogP contribution is -2.39. The summed E-state index contributed by atoms with van der Waals surface area (Å²) in [6.07, 6.45) is 3.28. The molecule has 0 unspecified atom stereocenters. The van der Waals surface area contributed by atoms with Crippen LogP contribution in [0.4, 0.5) is 11.6 Å². The number of ether oxygens (including phenoxy) is 1. The number of aromatic nitrogens is 2. The van der Waals surface area contributed by atoms with Crippen LogP contribution < -0.4 is 20.3 Å². The third-order valence-corrected chi connectivity index (χ3v) is 5.08. The summed E-state index contributed by atoms with van der Waals surface area (Å²) < 4.78 is 5.16. The van der Waals surface area contributed by atoms with Gasteiger partial charge in [0, 0.05) is 50.0 Å². The monoisotopic (exact) mass is 353 g/mol. The van der Waals surface area contributed by atoms with Gasteiger partial charge in [0.2, 0.25) is 17.7 Å². The number of benzene rings is 1. The first-order valence-electron chi connectivity index (χ1n) is 8.98. The molecule has 7 heteroatoms. The first-order valence-corrected chi connectivity index (χ1v) is 8.98. The van der Waals surface area contributed by atoms with Crippen molar-refractivity contribution >= 4 is 17.5 Å². The molecule has 1 aromatic carbocycles. The Bertz CT molecular complexity index is 802. The number of carbonyl (C=O) groups excluding carboxylic acids is 1. The summed E-state index contributed by atoms with van der Waals surface area (Å²) in [5, 5.41) is 6.40. The van der Waals surface area contributed by atoms with E-state index in [1.54, 1.807) is 19.4 Å². The van der Waals surface area contributed by atoms with Gasteiger partial charge < -0.3 is 20.3 Å². The van der Waals surface area contributed by atoms with E-state index in [2.05, 4.69) is 37.6 Å². The lowest BCUT2D eigenvalue weighted by atomic mass is 9.96. The Morgan fingerprint density at radius 3 is 2.85 bits per heavy atom.